The van der Waals surface area contributed by atoms with Crippen LogP contribution in [0.25, 0.3) is 6.08 Å². The standard InChI is InChI=1S/C31H38FNO5/c32-23-13-11-21(12-16-29(35)36)22(17-23)18-24-27-14-15-28(38-27)30(24)31-33-25(19-37-31)26(34)10-6-2-5-9-20-7-3-1-4-8-20/h11-13,16-17,19-20,24,27-28,30H,1-10,14-15,18H2,(H,35,36)/b16-12+. The Morgan fingerprint density at radius 2 is 1.87 bits per heavy atom. The lowest BCUT2D eigenvalue weighted by Crippen LogP contribution is -2.28. The van der Waals surface area contributed by atoms with E-state index in [0.29, 0.717) is 30.0 Å². The largest absolute Gasteiger partial charge is 0.478 e. The third-order valence-corrected chi connectivity index (χ3v) is 8.72. The van der Waals surface area contributed by atoms with Crippen LogP contribution in [0.3, 0.4) is 0 Å². The van der Waals surface area contributed by atoms with Gasteiger partial charge in [-0.3, -0.25) is 4.79 Å². The van der Waals surface area contributed by atoms with Gasteiger partial charge in [0.2, 0.25) is 5.89 Å². The first-order valence-electron chi connectivity index (χ1n) is 14.3. The van der Waals surface area contributed by atoms with Crippen molar-refractivity contribution in [3.8, 4) is 0 Å². The third-order valence-electron chi connectivity index (χ3n) is 8.72. The molecule has 2 bridgehead atoms. The molecule has 1 aliphatic carbocycles. The minimum absolute atomic E-state index is 0.000198. The number of carbonyl (C=O) groups excluding carboxylic acids is 1. The zero-order chi connectivity index (χ0) is 26.5. The van der Waals surface area contributed by atoms with Gasteiger partial charge in [0.1, 0.15) is 17.8 Å². The molecule has 3 fully saturated rings. The number of aliphatic carboxylic acids is 1. The van der Waals surface area contributed by atoms with E-state index in [1.165, 1.54) is 69.4 Å². The predicted molar refractivity (Wildman–Crippen MR) is 141 cm³/mol. The van der Waals surface area contributed by atoms with Gasteiger partial charge in [0, 0.05) is 18.4 Å². The van der Waals surface area contributed by atoms with Crippen molar-refractivity contribution >= 4 is 17.8 Å². The van der Waals surface area contributed by atoms with Crippen molar-refractivity contribution in [1.29, 1.82) is 0 Å². The predicted octanol–water partition coefficient (Wildman–Crippen LogP) is 7.13. The molecule has 0 amide bonds. The van der Waals surface area contributed by atoms with Gasteiger partial charge < -0.3 is 14.3 Å². The van der Waals surface area contributed by atoms with Crippen LogP contribution < -0.4 is 0 Å². The lowest BCUT2D eigenvalue weighted by molar-refractivity contribution is -0.131. The average molecular weight is 524 g/mol. The molecule has 204 valence electrons. The first-order valence-corrected chi connectivity index (χ1v) is 14.3. The Kier molecular flexibility index (Phi) is 8.72. The maximum absolute atomic E-state index is 14.1. The molecule has 4 unspecified atom stereocenters. The first kappa shape index (κ1) is 26.8. The summed E-state index contributed by atoms with van der Waals surface area (Å²) in [7, 11) is 0. The highest BCUT2D eigenvalue weighted by Crippen LogP contribution is 2.50. The number of Topliss-reactive ketones (excluding diaryl/α,β-unsaturated/α-hetero) is 1. The van der Waals surface area contributed by atoms with Crippen LogP contribution in [0.1, 0.15) is 110 Å². The van der Waals surface area contributed by atoms with E-state index in [1.54, 1.807) is 6.07 Å². The number of carbonyl (C=O) groups is 2. The zero-order valence-corrected chi connectivity index (χ0v) is 21.9. The number of ether oxygens (including phenoxy) is 1. The third kappa shape index (κ3) is 6.42. The molecule has 3 aliphatic rings. The van der Waals surface area contributed by atoms with E-state index < -0.39 is 5.97 Å². The molecule has 1 aromatic carbocycles. The fourth-order valence-corrected chi connectivity index (χ4v) is 6.77. The van der Waals surface area contributed by atoms with Gasteiger partial charge in [-0.25, -0.2) is 14.2 Å². The summed E-state index contributed by atoms with van der Waals surface area (Å²) < 4.78 is 26.2. The minimum atomic E-state index is -1.05. The van der Waals surface area contributed by atoms with E-state index in [4.69, 9.17) is 14.3 Å². The van der Waals surface area contributed by atoms with Crippen molar-refractivity contribution in [2.24, 2.45) is 11.8 Å². The molecule has 1 aromatic heterocycles. The van der Waals surface area contributed by atoms with Gasteiger partial charge in [0.25, 0.3) is 0 Å². The molecule has 5 rings (SSSR count). The number of rotatable bonds is 12. The van der Waals surface area contributed by atoms with Crippen molar-refractivity contribution in [2.75, 3.05) is 0 Å². The molecular formula is C31H38FNO5. The summed E-state index contributed by atoms with van der Waals surface area (Å²) >= 11 is 0. The molecule has 6 nitrogen and oxygen atoms in total. The molecule has 2 aliphatic heterocycles. The molecule has 38 heavy (non-hydrogen) atoms. The fraction of sp³-hybridized carbons (Fsp3) is 0.581. The van der Waals surface area contributed by atoms with E-state index in [-0.39, 0.29) is 35.6 Å². The van der Waals surface area contributed by atoms with Crippen LogP contribution in [-0.4, -0.2) is 34.1 Å². The van der Waals surface area contributed by atoms with E-state index in [0.717, 1.165) is 43.2 Å². The molecule has 4 atom stereocenters. The Bertz CT molecular complexity index is 1150. The van der Waals surface area contributed by atoms with Crippen LogP contribution in [0.2, 0.25) is 0 Å². The second-order valence-corrected chi connectivity index (χ2v) is 11.3. The van der Waals surface area contributed by atoms with E-state index >= 15 is 0 Å². The molecule has 2 saturated heterocycles. The minimum Gasteiger partial charge on any atom is -0.478 e. The molecule has 2 aromatic rings. The van der Waals surface area contributed by atoms with Crippen LogP contribution in [-0.2, 0) is 16.0 Å². The molecular weight excluding hydrogens is 485 g/mol. The van der Waals surface area contributed by atoms with Crippen LogP contribution in [0, 0.1) is 17.7 Å². The maximum atomic E-state index is 14.1. The molecule has 1 N–H and O–H groups in total. The Labute approximate surface area is 223 Å². The van der Waals surface area contributed by atoms with Gasteiger partial charge >= 0.3 is 5.97 Å². The lowest BCUT2D eigenvalue weighted by Gasteiger charge is -2.26. The average Bonchev–Trinajstić information content (AvgIpc) is 3.65. The summed E-state index contributed by atoms with van der Waals surface area (Å²) in [4.78, 5) is 28.5. The van der Waals surface area contributed by atoms with Crippen molar-refractivity contribution in [3.05, 3.63) is 59.1 Å². The zero-order valence-electron chi connectivity index (χ0n) is 21.9. The normalized spacial score (nSPS) is 25.4. The molecule has 1 saturated carbocycles. The van der Waals surface area contributed by atoms with Crippen molar-refractivity contribution in [2.45, 2.75) is 102 Å². The number of aromatic nitrogens is 1. The fourth-order valence-electron chi connectivity index (χ4n) is 6.77. The summed E-state index contributed by atoms with van der Waals surface area (Å²) in [5, 5.41) is 9.03. The van der Waals surface area contributed by atoms with Crippen molar-refractivity contribution in [1.82, 2.24) is 4.98 Å². The van der Waals surface area contributed by atoms with Gasteiger partial charge in [-0.2, -0.15) is 0 Å². The van der Waals surface area contributed by atoms with Crippen molar-refractivity contribution < 1.29 is 28.2 Å². The number of unbranched alkanes of at least 4 members (excludes halogenated alkanes) is 2. The molecule has 0 radical (unpaired) electrons. The summed E-state index contributed by atoms with van der Waals surface area (Å²) in [6, 6.07) is 4.40. The van der Waals surface area contributed by atoms with E-state index in [1.807, 2.05) is 0 Å². The summed E-state index contributed by atoms with van der Waals surface area (Å²) in [6.45, 7) is 0. The number of carboxylic acids is 1. The van der Waals surface area contributed by atoms with E-state index in [9.17, 15) is 14.0 Å². The van der Waals surface area contributed by atoms with Gasteiger partial charge in [-0.15, -0.1) is 0 Å². The van der Waals surface area contributed by atoms with Crippen LogP contribution in [0.5, 0.6) is 0 Å². The number of benzene rings is 1. The Balaban J connectivity index is 1.20. The second kappa shape index (κ2) is 12.4. The quantitative estimate of drug-likeness (QED) is 0.181. The number of halogens is 1. The maximum Gasteiger partial charge on any atom is 0.328 e. The number of carboxylic acid groups (broad SMARTS) is 1. The smallest absolute Gasteiger partial charge is 0.328 e. The van der Waals surface area contributed by atoms with Crippen LogP contribution in [0.15, 0.2) is 35.0 Å². The number of nitrogens with zero attached hydrogens (tertiary/aromatic N) is 1. The van der Waals surface area contributed by atoms with Gasteiger partial charge in [0.05, 0.1) is 18.1 Å². The summed E-state index contributed by atoms with van der Waals surface area (Å²) in [5.74, 6) is -0.116. The van der Waals surface area contributed by atoms with Gasteiger partial charge in [-0.05, 0) is 60.9 Å². The Morgan fingerprint density at radius 1 is 1.05 bits per heavy atom. The second-order valence-electron chi connectivity index (χ2n) is 11.3. The summed E-state index contributed by atoms with van der Waals surface area (Å²) in [5.41, 5.74) is 1.77. The van der Waals surface area contributed by atoms with Gasteiger partial charge in [-0.1, -0.05) is 57.4 Å². The highest BCUT2D eigenvalue weighted by molar-refractivity contribution is 5.93. The first-order chi connectivity index (χ1) is 18.5. The Hall–Kier alpha value is -2.80. The van der Waals surface area contributed by atoms with Crippen molar-refractivity contribution in [3.63, 3.8) is 0 Å². The number of hydrogen-bond donors (Lipinski definition) is 1. The van der Waals surface area contributed by atoms with Crippen LogP contribution >= 0.6 is 0 Å². The van der Waals surface area contributed by atoms with E-state index in [2.05, 4.69) is 4.98 Å². The molecule has 7 heteroatoms. The molecule has 0 spiro atoms. The summed E-state index contributed by atoms with van der Waals surface area (Å²) in [6.07, 6.45) is 18.1. The highest BCUT2D eigenvalue weighted by atomic mass is 19.1. The van der Waals surface area contributed by atoms with Crippen LogP contribution in [0.4, 0.5) is 4.39 Å². The number of oxazole rings is 1. The topological polar surface area (TPSA) is 89.6 Å². The Morgan fingerprint density at radius 3 is 2.68 bits per heavy atom. The number of fused-ring (bicyclic) bond motifs is 2. The van der Waals surface area contributed by atoms with Gasteiger partial charge in [0.15, 0.2) is 5.78 Å². The highest BCUT2D eigenvalue weighted by Gasteiger charge is 2.51. The molecule has 3 heterocycles. The monoisotopic (exact) mass is 523 g/mol. The SMILES string of the molecule is O=C(O)/C=C/c1ccc(F)cc1CC1C2CCC(O2)C1c1nc(C(=O)CCCCCC2CCCCC2)co1. The number of ketones is 1. The lowest BCUT2D eigenvalue weighted by atomic mass is 9.75. The number of hydrogen-bond acceptors (Lipinski definition) is 5.